The number of barbiturate groups is 1. The van der Waals surface area contributed by atoms with Gasteiger partial charge in [-0.1, -0.05) is 17.7 Å². The topological polar surface area (TPSA) is 111 Å². The Morgan fingerprint density at radius 2 is 1.91 bits per heavy atom. The summed E-state index contributed by atoms with van der Waals surface area (Å²) >= 11 is 9.50. The number of nitrogens with one attached hydrogen (secondary N) is 1. The monoisotopic (exact) mass is 550 g/mol. The minimum Gasteiger partial charge on any atom is -0.490 e. The third-order valence-corrected chi connectivity index (χ3v) is 5.72. The molecule has 0 atom stereocenters. The molecular formula is C23H20BrClN2O7. The van der Waals surface area contributed by atoms with Crippen molar-refractivity contribution in [3.05, 3.63) is 56.5 Å². The summed E-state index contributed by atoms with van der Waals surface area (Å²) in [6.07, 6.45) is 1.32. The van der Waals surface area contributed by atoms with Crippen LogP contribution >= 0.6 is 27.5 Å². The van der Waals surface area contributed by atoms with E-state index in [0.717, 1.165) is 10.5 Å². The zero-order chi connectivity index (χ0) is 25.0. The van der Waals surface area contributed by atoms with Gasteiger partial charge in [-0.25, -0.2) is 14.5 Å². The van der Waals surface area contributed by atoms with Gasteiger partial charge in [0.15, 0.2) is 18.1 Å². The maximum Gasteiger partial charge on any atom is 0.343 e. The predicted octanol–water partition coefficient (Wildman–Crippen LogP) is 4.03. The van der Waals surface area contributed by atoms with Gasteiger partial charge >= 0.3 is 12.0 Å². The number of methoxy groups -OCH3 is 1. The zero-order valence-electron chi connectivity index (χ0n) is 18.4. The lowest BCUT2D eigenvalue weighted by Crippen LogP contribution is -2.54. The minimum absolute atomic E-state index is 0.222. The van der Waals surface area contributed by atoms with E-state index in [1.165, 1.54) is 25.3 Å². The Kier molecular flexibility index (Phi) is 7.95. The largest absolute Gasteiger partial charge is 0.490 e. The number of carbonyl (C=O) groups is 4. The quantitative estimate of drug-likeness (QED) is 0.314. The highest BCUT2D eigenvalue weighted by molar-refractivity contribution is 9.10. The molecular weight excluding hydrogens is 532 g/mol. The SMILES string of the molecule is CCOc1cc(/C=C2/C(=O)NC(=O)N(c3ccc(C)c(Cl)c3)C2=O)cc(Br)c1OCC(=O)OC. The van der Waals surface area contributed by atoms with Gasteiger partial charge < -0.3 is 14.2 Å². The predicted molar refractivity (Wildman–Crippen MR) is 128 cm³/mol. The summed E-state index contributed by atoms with van der Waals surface area (Å²) in [6, 6.07) is 6.93. The standard InChI is InChI=1S/C23H20BrClN2O7/c1-4-33-18-9-13(8-16(24)20(18)34-11-19(28)32-3)7-15-21(29)26-23(31)27(22(15)30)14-6-5-12(2)17(25)10-14/h5-10H,4,11H2,1-3H3,(H,26,29,31)/b15-7-. The molecule has 0 radical (unpaired) electrons. The van der Waals surface area contributed by atoms with E-state index < -0.39 is 23.8 Å². The lowest BCUT2D eigenvalue weighted by atomic mass is 10.1. The van der Waals surface area contributed by atoms with Crippen LogP contribution in [0.2, 0.25) is 5.02 Å². The number of hydrogen-bond donors (Lipinski definition) is 1. The van der Waals surface area contributed by atoms with Crippen molar-refractivity contribution in [1.82, 2.24) is 5.32 Å². The molecule has 2 aromatic rings. The summed E-state index contributed by atoms with van der Waals surface area (Å²) < 4.78 is 16.1. The van der Waals surface area contributed by atoms with Gasteiger partial charge in [0.2, 0.25) is 0 Å². The highest BCUT2D eigenvalue weighted by Crippen LogP contribution is 2.38. The maximum atomic E-state index is 13.1. The number of urea groups is 1. The van der Waals surface area contributed by atoms with Gasteiger partial charge in [-0.05, 0) is 71.2 Å². The van der Waals surface area contributed by atoms with E-state index in [2.05, 4.69) is 26.0 Å². The van der Waals surface area contributed by atoms with Crippen LogP contribution < -0.4 is 19.7 Å². The third kappa shape index (κ3) is 5.40. The number of anilines is 1. The summed E-state index contributed by atoms with van der Waals surface area (Å²) in [7, 11) is 1.24. The summed E-state index contributed by atoms with van der Waals surface area (Å²) in [5, 5.41) is 2.53. The molecule has 3 rings (SSSR count). The van der Waals surface area contributed by atoms with Gasteiger partial charge in [0, 0.05) is 5.02 Å². The molecule has 1 N–H and O–H groups in total. The molecule has 34 heavy (non-hydrogen) atoms. The fourth-order valence-electron chi connectivity index (χ4n) is 3.04. The van der Waals surface area contributed by atoms with Gasteiger partial charge in [-0.2, -0.15) is 0 Å². The third-order valence-electron chi connectivity index (χ3n) is 4.72. The molecule has 0 bridgehead atoms. The maximum absolute atomic E-state index is 13.1. The smallest absolute Gasteiger partial charge is 0.343 e. The van der Waals surface area contributed by atoms with Crippen LogP contribution in [0.4, 0.5) is 10.5 Å². The van der Waals surface area contributed by atoms with Crippen molar-refractivity contribution < 1.29 is 33.4 Å². The van der Waals surface area contributed by atoms with Crippen molar-refractivity contribution in [3.63, 3.8) is 0 Å². The van der Waals surface area contributed by atoms with Crippen LogP contribution in [0.1, 0.15) is 18.1 Å². The van der Waals surface area contributed by atoms with Crippen LogP contribution in [-0.2, 0) is 19.1 Å². The highest BCUT2D eigenvalue weighted by atomic mass is 79.9. The molecule has 1 fully saturated rings. The van der Waals surface area contributed by atoms with Crippen LogP contribution in [-0.4, -0.2) is 44.1 Å². The average Bonchev–Trinajstić information content (AvgIpc) is 2.78. The molecule has 2 aromatic carbocycles. The molecule has 1 aliphatic heterocycles. The number of amides is 4. The number of halogens is 2. The number of carbonyl (C=O) groups excluding carboxylic acids is 4. The molecule has 178 valence electrons. The first-order valence-corrected chi connectivity index (χ1v) is 11.2. The molecule has 0 aromatic heterocycles. The lowest BCUT2D eigenvalue weighted by molar-refractivity contribution is -0.143. The number of imide groups is 2. The molecule has 11 heteroatoms. The number of esters is 1. The fourth-order valence-corrected chi connectivity index (χ4v) is 3.79. The van der Waals surface area contributed by atoms with E-state index in [-0.39, 0.29) is 36.0 Å². The first kappa shape index (κ1) is 25.3. The Hall–Kier alpha value is -3.37. The minimum atomic E-state index is -0.880. The molecule has 4 amide bonds. The molecule has 0 spiro atoms. The van der Waals surface area contributed by atoms with E-state index in [0.29, 0.717) is 15.1 Å². The summed E-state index contributed by atoms with van der Waals surface area (Å²) in [5.74, 6) is -1.71. The van der Waals surface area contributed by atoms with E-state index in [4.69, 9.17) is 21.1 Å². The van der Waals surface area contributed by atoms with Gasteiger partial charge in [0.1, 0.15) is 5.57 Å². The van der Waals surface area contributed by atoms with Crippen molar-refractivity contribution in [1.29, 1.82) is 0 Å². The number of benzene rings is 2. The van der Waals surface area contributed by atoms with Crippen molar-refractivity contribution in [3.8, 4) is 11.5 Å². The molecule has 1 aliphatic rings. The van der Waals surface area contributed by atoms with E-state index in [1.807, 2.05) is 0 Å². The van der Waals surface area contributed by atoms with Crippen molar-refractivity contribution in [2.75, 3.05) is 25.2 Å². The van der Waals surface area contributed by atoms with Crippen LogP contribution in [0.15, 0.2) is 40.4 Å². The number of aryl methyl sites for hydroxylation is 1. The second kappa shape index (κ2) is 10.7. The van der Waals surface area contributed by atoms with Gasteiger partial charge in [-0.3, -0.25) is 14.9 Å². The van der Waals surface area contributed by atoms with Crippen LogP contribution in [0, 0.1) is 6.92 Å². The first-order chi connectivity index (χ1) is 16.2. The van der Waals surface area contributed by atoms with Gasteiger partial charge in [-0.15, -0.1) is 0 Å². The number of nitrogens with zero attached hydrogens (tertiary/aromatic N) is 1. The van der Waals surface area contributed by atoms with Gasteiger partial charge in [0.25, 0.3) is 11.8 Å². The second-order valence-electron chi connectivity index (χ2n) is 7.02. The number of hydrogen-bond acceptors (Lipinski definition) is 7. The Bertz CT molecular complexity index is 1210. The number of rotatable bonds is 7. The van der Waals surface area contributed by atoms with E-state index >= 15 is 0 Å². The molecule has 0 saturated carbocycles. The molecule has 0 aliphatic carbocycles. The Balaban J connectivity index is 2.00. The highest BCUT2D eigenvalue weighted by Gasteiger charge is 2.37. The van der Waals surface area contributed by atoms with Crippen LogP contribution in [0.3, 0.4) is 0 Å². The lowest BCUT2D eigenvalue weighted by Gasteiger charge is -2.26. The van der Waals surface area contributed by atoms with Crippen molar-refractivity contribution >= 4 is 63.1 Å². The zero-order valence-corrected chi connectivity index (χ0v) is 20.8. The summed E-state index contributed by atoms with van der Waals surface area (Å²) in [4.78, 5) is 50.3. The summed E-state index contributed by atoms with van der Waals surface area (Å²) in [5.41, 5.74) is 1.13. The van der Waals surface area contributed by atoms with Crippen molar-refractivity contribution in [2.45, 2.75) is 13.8 Å². The van der Waals surface area contributed by atoms with Crippen LogP contribution in [0.25, 0.3) is 6.08 Å². The van der Waals surface area contributed by atoms with E-state index in [1.54, 1.807) is 32.0 Å². The van der Waals surface area contributed by atoms with Crippen molar-refractivity contribution in [2.24, 2.45) is 0 Å². The average molecular weight is 552 g/mol. The Morgan fingerprint density at radius 1 is 1.18 bits per heavy atom. The Labute approximate surface area is 208 Å². The van der Waals surface area contributed by atoms with Crippen LogP contribution in [0.5, 0.6) is 11.5 Å². The summed E-state index contributed by atoms with van der Waals surface area (Å²) in [6.45, 7) is 3.49. The van der Waals surface area contributed by atoms with Gasteiger partial charge in [0.05, 0.1) is 23.9 Å². The Morgan fingerprint density at radius 3 is 2.56 bits per heavy atom. The first-order valence-electron chi connectivity index (χ1n) is 9.99. The molecule has 1 heterocycles. The fraction of sp³-hybridized carbons (Fsp3) is 0.217. The number of ether oxygens (including phenoxy) is 3. The van der Waals surface area contributed by atoms with E-state index in [9.17, 15) is 19.2 Å². The molecule has 9 nitrogen and oxygen atoms in total. The molecule has 0 unspecified atom stereocenters. The normalized spacial score (nSPS) is 14.8. The molecule has 1 saturated heterocycles. The second-order valence-corrected chi connectivity index (χ2v) is 8.28.